The van der Waals surface area contributed by atoms with E-state index in [-0.39, 0.29) is 5.91 Å². The van der Waals surface area contributed by atoms with Crippen molar-refractivity contribution < 1.29 is 9.21 Å². The predicted octanol–water partition coefficient (Wildman–Crippen LogP) is 5.88. The zero-order valence-corrected chi connectivity index (χ0v) is 15.8. The molecule has 134 valence electrons. The highest BCUT2D eigenvalue weighted by Crippen LogP contribution is 2.31. The van der Waals surface area contributed by atoms with Crippen LogP contribution in [0.5, 0.6) is 0 Å². The lowest BCUT2D eigenvalue weighted by molar-refractivity contribution is -0.113. The molecule has 6 heteroatoms. The van der Waals surface area contributed by atoms with Gasteiger partial charge in [0.15, 0.2) is 5.58 Å². The van der Waals surface area contributed by atoms with Crippen LogP contribution in [0.3, 0.4) is 0 Å². The summed E-state index contributed by atoms with van der Waals surface area (Å²) in [6.45, 7) is 0. The van der Waals surface area contributed by atoms with Crippen LogP contribution in [0.2, 0.25) is 5.02 Å². The van der Waals surface area contributed by atoms with E-state index in [4.69, 9.17) is 16.0 Å². The van der Waals surface area contributed by atoms with Gasteiger partial charge in [-0.2, -0.15) is 0 Å². The van der Waals surface area contributed by atoms with Crippen LogP contribution in [0.15, 0.2) is 82.1 Å². The molecule has 0 radical (unpaired) electrons. The van der Waals surface area contributed by atoms with Crippen molar-refractivity contribution in [2.45, 2.75) is 4.90 Å². The van der Waals surface area contributed by atoms with Crippen LogP contribution in [0.4, 0.5) is 5.69 Å². The number of halogens is 1. The number of carbonyl (C=O) groups excluding carboxylic acids is 1. The first kappa shape index (κ1) is 17.6. The first-order valence-corrected chi connectivity index (χ1v) is 9.68. The van der Waals surface area contributed by atoms with Crippen molar-refractivity contribution in [1.82, 2.24) is 4.98 Å². The third-order valence-electron chi connectivity index (χ3n) is 3.89. The monoisotopic (exact) mass is 394 g/mol. The number of nitrogens with zero attached hydrogens (tertiary/aromatic N) is 1. The molecule has 1 heterocycles. The van der Waals surface area contributed by atoms with Gasteiger partial charge < -0.3 is 9.73 Å². The molecule has 0 spiro atoms. The van der Waals surface area contributed by atoms with E-state index < -0.39 is 0 Å². The second kappa shape index (κ2) is 7.86. The number of benzene rings is 3. The molecule has 27 heavy (non-hydrogen) atoms. The fourth-order valence-electron chi connectivity index (χ4n) is 2.65. The molecule has 0 fully saturated rings. The minimum atomic E-state index is -0.0875. The van der Waals surface area contributed by atoms with Crippen LogP contribution in [0.1, 0.15) is 0 Å². The average molecular weight is 395 g/mol. The van der Waals surface area contributed by atoms with E-state index in [9.17, 15) is 4.79 Å². The molecule has 0 aliphatic rings. The summed E-state index contributed by atoms with van der Waals surface area (Å²) >= 11 is 7.51. The van der Waals surface area contributed by atoms with Crippen LogP contribution in [-0.2, 0) is 4.79 Å². The summed E-state index contributed by atoms with van der Waals surface area (Å²) in [6.07, 6.45) is 0. The number of oxazole rings is 1. The minimum absolute atomic E-state index is 0.0875. The average Bonchev–Trinajstić information content (AvgIpc) is 3.10. The van der Waals surface area contributed by atoms with Gasteiger partial charge in [-0.05, 0) is 42.5 Å². The molecular weight excluding hydrogens is 380 g/mol. The number of amides is 1. The van der Waals surface area contributed by atoms with E-state index in [0.717, 1.165) is 10.5 Å². The second-order valence-electron chi connectivity index (χ2n) is 5.83. The van der Waals surface area contributed by atoms with Crippen molar-refractivity contribution in [2.75, 3.05) is 11.1 Å². The highest BCUT2D eigenvalue weighted by atomic mass is 35.5. The SMILES string of the molecule is O=C(CSc1ccccc1)Nc1ccccc1-c1nc2cc(Cl)ccc2o1. The lowest BCUT2D eigenvalue weighted by Crippen LogP contribution is -2.14. The number of anilines is 1. The molecule has 0 aliphatic heterocycles. The van der Waals surface area contributed by atoms with Gasteiger partial charge in [-0.15, -0.1) is 11.8 Å². The number of aromatic nitrogens is 1. The molecule has 4 rings (SSSR count). The fraction of sp³-hybridized carbons (Fsp3) is 0.0476. The number of rotatable bonds is 5. The smallest absolute Gasteiger partial charge is 0.234 e. The van der Waals surface area contributed by atoms with Gasteiger partial charge in [0.2, 0.25) is 11.8 Å². The summed E-state index contributed by atoms with van der Waals surface area (Å²) in [5, 5.41) is 3.55. The predicted molar refractivity (Wildman–Crippen MR) is 110 cm³/mol. The summed E-state index contributed by atoms with van der Waals surface area (Å²) < 4.78 is 5.83. The highest BCUT2D eigenvalue weighted by Gasteiger charge is 2.14. The van der Waals surface area contributed by atoms with E-state index >= 15 is 0 Å². The Labute approximate surface area is 165 Å². The summed E-state index contributed by atoms with van der Waals surface area (Å²) in [6, 6.07) is 22.6. The zero-order chi connectivity index (χ0) is 18.6. The van der Waals surface area contributed by atoms with E-state index in [0.29, 0.717) is 33.5 Å². The van der Waals surface area contributed by atoms with Crippen molar-refractivity contribution in [3.63, 3.8) is 0 Å². The van der Waals surface area contributed by atoms with Gasteiger partial charge in [0.05, 0.1) is 17.0 Å². The number of nitrogens with one attached hydrogen (secondary N) is 1. The second-order valence-corrected chi connectivity index (χ2v) is 7.31. The van der Waals surface area contributed by atoms with Crippen molar-refractivity contribution in [3.05, 3.63) is 77.8 Å². The molecular formula is C21H15ClN2O2S. The molecule has 0 saturated heterocycles. The maximum atomic E-state index is 12.4. The Kier molecular flexibility index (Phi) is 5.14. The largest absolute Gasteiger partial charge is 0.436 e. The maximum Gasteiger partial charge on any atom is 0.234 e. The number of hydrogen-bond acceptors (Lipinski definition) is 4. The standard InChI is InChI=1S/C21H15ClN2O2S/c22-14-10-11-19-18(12-14)24-21(26-19)16-8-4-5-9-17(16)23-20(25)13-27-15-6-2-1-3-7-15/h1-12H,13H2,(H,23,25). The van der Waals surface area contributed by atoms with Crippen molar-refractivity contribution >= 4 is 46.1 Å². The van der Waals surface area contributed by atoms with Gasteiger partial charge in [-0.3, -0.25) is 4.79 Å². The first-order chi connectivity index (χ1) is 13.2. The Hall–Kier alpha value is -2.76. The third kappa shape index (κ3) is 4.15. The van der Waals surface area contributed by atoms with E-state index in [1.807, 2.05) is 54.6 Å². The summed E-state index contributed by atoms with van der Waals surface area (Å²) in [7, 11) is 0. The van der Waals surface area contributed by atoms with Crippen molar-refractivity contribution in [2.24, 2.45) is 0 Å². The Bertz CT molecular complexity index is 1100. The van der Waals surface area contributed by atoms with Crippen LogP contribution < -0.4 is 5.32 Å². The fourth-order valence-corrected chi connectivity index (χ4v) is 3.53. The molecule has 1 aromatic heterocycles. The summed E-state index contributed by atoms with van der Waals surface area (Å²) in [5.41, 5.74) is 2.71. The molecule has 4 nitrogen and oxygen atoms in total. The topological polar surface area (TPSA) is 55.1 Å². The number of carbonyl (C=O) groups is 1. The van der Waals surface area contributed by atoms with Crippen LogP contribution in [0, 0.1) is 0 Å². The molecule has 3 aromatic carbocycles. The summed E-state index contributed by atoms with van der Waals surface area (Å²) in [5.74, 6) is 0.677. The van der Waals surface area contributed by atoms with Gasteiger partial charge in [0.1, 0.15) is 5.52 Å². The number of hydrogen-bond donors (Lipinski definition) is 1. The molecule has 1 N–H and O–H groups in total. The number of thioether (sulfide) groups is 1. The van der Waals surface area contributed by atoms with Gasteiger partial charge in [-0.1, -0.05) is 41.9 Å². The molecule has 1 amide bonds. The van der Waals surface area contributed by atoms with E-state index in [1.165, 1.54) is 11.8 Å². The normalized spacial score (nSPS) is 10.9. The minimum Gasteiger partial charge on any atom is -0.436 e. The van der Waals surface area contributed by atoms with Gasteiger partial charge in [-0.25, -0.2) is 4.98 Å². The number of fused-ring (bicyclic) bond motifs is 1. The van der Waals surface area contributed by atoms with E-state index in [2.05, 4.69) is 10.3 Å². The molecule has 4 aromatic rings. The Morgan fingerprint density at radius 1 is 1.04 bits per heavy atom. The van der Waals surface area contributed by atoms with Crippen molar-refractivity contribution in [1.29, 1.82) is 0 Å². The van der Waals surface area contributed by atoms with Gasteiger partial charge in [0, 0.05) is 9.92 Å². The molecule has 0 bridgehead atoms. The lowest BCUT2D eigenvalue weighted by atomic mass is 10.2. The zero-order valence-electron chi connectivity index (χ0n) is 14.2. The van der Waals surface area contributed by atoms with E-state index in [1.54, 1.807) is 18.2 Å². The van der Waals surface area contributed by atoms with Crippen LogP contribution >= 0.6 is 23.4 Å². The highest BCUT2D eigenvalue weighted by molar-refractivity contribution is 8.00. The quantitative estimate of drug-likeness (QED) is 0.429. The molecule has 0 atom stereocenters. The third-order valence-corrected chi connectivity index (χ3v) is 5.14. The Morgan fingerprint density at radius 3 is 2.67 bits per heavy atom. The van der Waals surface area contributed by atoms with Gasteiger partial charge >= 0.3 is 0 Å². The number of para-hydroxylation sites is 1. The molecule has 0 saturated carbocycles. The van der Waals surface area contributed by atoms with Crippen molar-refractivity contribution in [3.8, 4) is 11.5 Å². The molecule has 0 aliphatic carbocycles. The lowest BCUT2D eigenvalue weighted by Gasteiger charge is -2.08. The van der Waals surface area contributed by atoms with Crippen LogP contribution in [-0.4, -0.2) is 16.6 Å². The Balaban J connectivity index is 1.54. The molecule has 0 unspecified atom stereocenters. The Morgan fingerprint density at radius 2 is 1.81 bits per heavy atom. The van der Waals surface area contributed by atoms with Crippen LogP contribution in [0.25, 0.3) is 22.6 Å². The summed E-state index contributed by atoms with van der Waals surface area (Å²) in [4.78, 5) is 17.9. The first-order valence-electron chi connectivity index (χ1n) is 8.32. The van der Waals surface area contributed by atoms with Gasteiger partial charge in [0.25, 0.3) is 0 Å². The maximum absolute atomic E-state index is 12.4.